The molecule has 0 heterocycles. The minimum Gasteiger partial charge on any atom is -0.497 e. The monoisotopic (exact) mass is 314 g/mol. The van der Waals surface area contributed by atoms with Crippen molar-refractivity contribution < 1.29 is 14.6 Å². The Morgan fingerprint density at radius 2 is 1.96 bits per heavy atom. The summed E-state index contributed by atoms with van der Waals surface area (Å²) in [5.41, 5.74) is 3.27. The second-order valence-corrected chi connectivity index (χ2v) is 5.56. The summed E-state index contributed by atoms with van der Waals surface area (Å²) >= 11 is 0. The molecule has 0 saturated carbocycles. The van der Waals surface area contributed by atoms with Crippen LogP contribution in [-0.2, 0) is 4.79 Å². The summed E-state index contributed by atoms with van der Waals surface area (Å²) in [5, 5.41) is 12.9. The lowest BCUT2D eigenvalue weighted by atomic mass is 10.1. The highest BCUT2D eigenvalue weighted by molar-refractivity contribution is 5.95. The number of carbonyl (C=O) groups excluding carboxylic acids is 1. The fraction of sp³-hybridized carbons (Fsp3) is 0.278. The smallest absolute Gasteiger partial charge is 0.257 e. The van der Waals surface area contributed by atoms with Gasteiger partial charge in [0, 0.05) is 25.5 Å². The fourth-order valence-corrected chi connectivity index (χ4v) is 2.41. The number of nitrogens with one attached hydrogen (secondary N) is 1. The molecule has 1 unspecified atom stereocenters. The molecule has 2 rings (SSSR count). The molecule has 122 valence electrons. The van der Waals surface area contributed by atoms with Crippen LogP contribution in [0.15, 0.2) is 42.5 Å². The Balaban J connectivity index is 2.13. The van der Waals surface area contributed by atoms with E-state index < -0.39 is 12.0 Å². The Labute approximate surface area is 136 Å². The van der Waals surface area contributed by atoms with Crippen LogP contribution in [0, 0.1) is 6.92 Å². The molecule has 2 aromatic carbocycles. The average molecular weight is 314 g/mol. The number of methoxy groups -OCH3 is 1. The topological polar surface area (TPSA) is 61.8 Å². The lowest BCUT2D eigenvalue weighted by Crippen LogP contribution is -2.21. The summed E-state index contributed by atoms with van der Waals surface area (Å²) < 4.78 is 5.11. The van der Waals surface area contributed by atoms with Gasteiger partial charge in [-0.1, -0.05) is 12.1 Å². The van der Waals surface area contributed by atoms with E-state index in [0.29, 0.717) is 17.0 Å². The summed E-state index contributed by atoms with van der Waals surface area (Å²) in [6.07, 6.45) is -1.25. The van der Waals surface area contributed by atoms with E-state index in [9.17, 15) is 9.90 Å². The predicted octanol–water partition coefficient (Wildman–Crippen LogP) is 2.74. The van der Waals surface area contributed by atoms with Gasteiger partial charge in [-0.25, -0.2) is 0 Å². The van der Waals surface area contributed by atoms with E-state index in [1.807, 2.05) is 44.1 Å². The van der Waals surface area contributed by atoms with E-state index in [4.69, 9.17) is 4.74 Å². The first kappa shape index (κ1) is 16.8. The van der Waals surface area contributed by atoms with Gasteiger partial charge in [0.05, 0.1) is 7.11 Å². The number of hydrogen-bond acceptors (Lipinski definition) is 4. The number of rotatable bonds is 5. The predicted molar refractivity (Wildman–Crippen MR) is 92.1 cm³/mol. The van der Waals surface area contributed by atoms with Gasteiger partial charge in [0.15, 0.2) is 6.10 Å². The van der Waals surface area contributed by atoms with Crippen LogP contribution < -0.4 is 15.0 Å². The van der Waals surface area contributed by atoms with Crippen LogP contribution in [0.1, 0.15) is 17.2 Å². The molecule has 5 nitrogen and oxygen atoms in total. The summed E-state index contributed by atoms with van der Waals surface area (Å²) in [5.74, 6) is 0.121. The molecule has 5 heteroatoms. The number of carbonyl (C=O) groups is 1. The molecule has 1 amide bonds. The van der Waals surface area contributed by atoms with Gasteiger partial charge >= 0.3 is 0 Å². The van der Waals surface area contributed by atoms with Crippen molar-refractivity contribution in [3.8, 4) is 5.75 Å². The molecule has 0 aliphatic rings. The van der Waals surface area contributed by atoms with E-state index >= 15 is 0 Å². The van der Waals surface area contributed by atoms with E-state index in [2.05, 4.69) is 5.32 Å². The van der Waals surface area contributed by atoms with E-state index in [0.717, 1.165) is 11.3 Å². The summed E-state index contributed by atoms with van der Waals surface area (Å²) in [7, 11) is 5.47. The van der Waals surface area contributed by atoms with Gasteiger partial charge in [-0.3, -0.25) is 4.79 Å². The number of aryl methyl sites for hydroxylation is 1. The van der Waals surface area contributed by atoms with E-state index in [-0.39, 0.29) is 0 Å². The Kier molecular flexibility index (Phi) is 5.24. The zero-order valence-electron chi connectivity index (χ0n) is 13.8. The number of hydrogen-bond donors (Lipinski definition) is 2. The van der Waals surface area contributed by atoms with Gasteiger partial charge in [-0.05, 0) is 48.4 Å². The largest absolute Gasteiger partial charge is 0.497 e. The van der Waals surface area contributed by atoms with E-state index in [1.165, 1.54) is 0 Å². The van der Waals surface area contributed by atoms with Gasteiger partial charge in [0.2, 0.25) is 0 Å². The minimum absolute atomic E-state index is 0.477. The first-order valence-electron chi connectivity index (χ1n) is 7.33. The van der Waals surface area contributed by atoms with Crippen molar-refractivity contribution in [3.63, 3.8) is 0 Å². The maximum atomic E-state index is 12.2. The van der Waals surface area contributed by atoms with Gasteiger partial charge in [0.1, 0.15) is 5.75 Å². The minimum atomic E-state index is -1.25. The van der Waals surface area contributed by atoms with Gasteiger partial charge in [0.25, 0.3) is 5.91 Å². The number of amides is 1. The number of benzene rings is 2. The van der Waals surface area contributed by atoms with Crippen LogP contribution in [-0.4, -0.2) is 32.2 Å². The molecule has 23 heavy (non-hydrogen) atoms. The van der Waals surface area contributed by atoms with Crippen LogP contribution in [0.3, 0.4) is 0 Å². The summed E-state index contributed by atoms with van der Waals surface area (Å²) in [6.45, 7) is 1.98. The molecule has 1 atom stereocenters. The number of aliphatic hydroxyl groups excluding tert-OH is 1. The lowest BCUT2D eigenvalue weighted by molar-refractivity contribution is -0.124. The molecule has 0 saturated heterocycles. The normalized spacial score (nSPS) is 11.7. The molecular weight excluding hydrogens is 292 g/mol. The number of aliphatic hydroxyl groups is 1. The third-order valence-electron chi connectivity index (χ3n) is 3.60. The highest BCUT2D eigenvalue weighted by atomic mass is 16.5. The van der Waals surface area contributed by atoms with Crippen LogP contribution >= 0.6 is 0 Å². The average Bonchev–Trinajstić information content (AvgIpc) is 2.53. The third-order valence-corrected chi connectivity index (χ3v) is 3.60. The van der Waals surface area contributed by atoms with Crippen LogP contribution in [0.5, 0.6) is 5.75 Å². The lowest BCUT2D eigenvalue weighted by Gasteiger charge is -2.17. The zero-order chi connectivity index (χ0) is 17.0. The molecule has 0 aromatic heterocycles. The number of ether oxygens (including phenoxy) is 1. The molecule has 0 radical (unpaired) electrons. The maximum absolute atomic E-state index is 12.2. The standard InChI is InChI=1S/C18H22N2O3/c1-12-10-14(8-9-16(12)20(2)3)19-18(22)17(21)13-6-5-7-15(11-13)23-4/h5-11,17,21H,1-4H3,(H,19,22). The number of nitrogens with zero attached hydrogens (tertiary/aromatic N) is 1. The Hall–Kier alpha value is -2.53. The summed E-state index contributed by atoms with van der Waals surface area (Å²) in [6, 6.07) is 12.5. The molecule has 0 aliphatic heterocycles. The molecule has 0 fully saturated rings. The second-order valence-electron chi connectivity index (χ2n) is 5.56. The Bertz CT molecular complexity index is 698. The number of anilines is 2. The van der Waals surface area contributed by atoms with Crippen molar-refractivity contribution >= 4 is 17.3 Å². The summed E-state index contributed by atoms with van der Waals surface area (Å²) in [4.78, 5) is 14.2. The molecule has 0 spiro atoms. The molecule has 2 aromatic rings. The van der Waals surface area contributed by atoms with Gasteiger partial charge in [-0.15, -0.1) is 0 Å². The zero-order valence-corrected chi connectivity index (χ0v) is 13.8. The van der Waals surface area contributed by atoms with E-state index in [1.54, 1.807) is 31.4 Å². The van der Waals surface area contributed by atoms with Crippen LogP contribution in [0.4, 0.5) is 11.4 Å². The highest BCUT2D eigenvalue weighted by Crippen LogP contribution is 2.24. The first-order valence-corrected chi connectivity index (χ1v) is 7.33. The highest BCUT2D eigenvalue weighted by Gasteiger charge is 2.18. The SMILES string of the molecule is COc1cccc(C(O)C(=O)Nc2ccc(N(C)C)c(C)c2)c1. The Morgan fingerprint density at radius 1 is 1.22 bits per heavy atom. The van der Waals surface area contributed by atoms with Gasteiger partial charge < -0.3 is 20.1 Å². The molecule has 2 N–H and O–H groups in total. The third kappa shape index (κ3) is 4.02. The van der Waals surface area contributed by atoms with Crippen molar-refractivity contribution in [2.75, 3.05) is 31.4 Å². The maximum Gasteiger partial charge on any atom is 0.257 e. The fourth-order valence-electron chi connectivity index (χ4n) is 2.41. The Morgan fingerprint density at radius 3 is 2.57 bits per heavy atom. The quantitative estimate of drug-likeness (QED) is 0.891. The molecular formula is C18H22N2O3. The second kappa shape index (κ2) is 7.15. The van der Waals surface area contributed by atoms with Crippen molar-refractivity contribution in [3.05, 3.63) is 53.6 Å². The first-order chi connectivity index (χ1) is 10.9. The van der Waals surface area contributed by atoms with Crippen molar-refractivity contribution in [2.45, 2.75) is 13.0 Å². The molecule has 0 aliphatic carbocycles. The van der Waals surface area contributed by atoms with Crippen molar-refractivity contribution in [2.24, 2.45) is 0 Å². The van der Waals surface area contributed by atoms with Crippen molar-refractivity contribution in [1.82, 2.24) is 0 Å². The van der Waals surface area contributed by atoms with Crippen molar-refractivity contribution in [1.29, 1.82) is 0 Å². The van der Waals surface area contributed by atoms with Crippen LogP contribution in [0.25, 0.3) is 0 Å². The van der Waals surface area contributed by atoms with Crippen LogP contribution in [0.2, 0.25) is 0 Å². The van der Waals surface area contributed by atoms with Gasteiger partial charge in [-0.2, -0.15) is 0 Å². The molecule has 0 bridgehead atoms.